The summed E-state index contributed by atoms with van der Waals surface area (Å²) in [7, 11) is 2.13. The van der Waals surface area contributed by atoms with E-state index in [4.69, 9.17) is 0 Å². The molecule has 21 heavy (non-hydrogen) atoms. The number of carbonyl (C=O) groups is 1. The lowest BCUT2D eigenvalue weighted by molar-refractivity contribution is 0.0950. The van der Waals surface area contributed by atoms with Gasteiger partial charge in [-0.3, -0.25) is 4.79 Å². The van der Waals surface area contributed by atoms with Gasteiger partial charge in [0.05, 0.1) is 5.56 Å². The molecule has 1 aliphatic carbocycles. The number of amides is 1. The Balaban J connectivity index is 1.91. The molecule has 0 spiro atoms. The zero-order valence-corrected chi connectivity index (χ0v) is 13.4. The fraction of sp³-hybridized carbons (Fsp3) is 0.588. The SMILES string of the molecule is CCCNc1ccc(C)cc1C(=O)NCCN(C)C1CC1. The van der Waals surface area contributed by atoms with E-state index in [1.807, 2.05) is 25.1 Å². The third-order valence-corrected chi connectivity index (χ3v) is 3.91. The van der Waals surface area contributed by atoms with Crippen molar-refractivity contribution in [3.63, 3.8) is 0 Å². The van der Waals surface area contributed by atoms with Gasteiger partial charge in [0.1, 0.15) is 0 Å². The lowest BCUT2D eigenvalue weighted by Gasteiger charge is -2.17. The van der Waals surface area contributed by atoms with E-state index >= 15 is 0 Å². The van der Waals surface area contributed by atoms with E-state index in [2.05, 4.69) is 29.5 Å². The number of aryl methyl sites for hydroxylation is 1. The molecule has 0 unspecified atom stereocenters. The van der Waals surface area contributed by atoms with Gasteiger partial charge in [-0.1, -0.05) is 18.6 Å². The lowest BCUT2D eigenvalue weighted by Crippen LogP contribution is -2.34. The number of nitrogens with zero attached hydrogens (tertiary/aromatic N) is 1. The Morgan fingerprint density at radius 2 is 2.10 bits per heavy atom. The van der Waals surface area contributed by atoms with Gasteiger partial charge in [0, 0.05) is 31.4 Å². The van der Waals surface area contributed by atoms with Crippen LogP contribution in [0.2, 0.25) is 0 Å². The topological polar surface area (TPSA) is 44.4 Å². The van der Waals surface area contributed by atoms with Crippen LogP contribution in [0.25, 0.3) is 0 Å². The van der Waals surface area contributed by atoms with Crippen LogP contribution in [0.4, 0.5) is 5.69 Å². The average Bonchev–Trinajstić information content (AvgIpc) is 3.30. The van der Waals surface area contributed by atoms with Crippen LogP contribution in [0.5, 0.6) is 0 Å². The molecule has 0 radical (unpaired) electrons. The highest BCUT2D eigenvalue weighted by molar-refractivity contribution is 5.99. The summed E-state index contributed by atoms with van der Waals surface area (Å²) in [6, 6.07) is 6.73. The Hall–Kier alpha value is -1.55. The van der Waals surface area contributed by atoms with E-state index in [0.717, 1.165) is 42.4 Å². The minimum Gasteiger partial charge on any atom is -0.384 e. The lowest BCUT2D eigenvalue weighted by atomic mass is 10.1. The van der Waals surface area contributed by atoms with Crippen molar-refractivity contribution in [1.29, 1.82) is 0 Å². The van der Waals surface area contributed by atoms with Gasteiger partial charge in [0.2, 0.25) is 0 Å². The monoisotopic (exact) mass is 289 g/mol. The minimum atomic E-state index is 0.0153. The van der Waals surface area contributed by atoms with Gasteiger partial charge >= 0.3 is 0 Å². The highest BCUT2D eigenvalue weighted by Crippen LogP contribution is 2.24. The second-order valence-corrected chi connectivity index (χ2v) is 5.94. The molecule has 0 atom stereocenters. The summed E-state index contributed by atoms with van der Waals surface area (Å²) in [6.07, 6.45) is 3.64. The summed E-state index contributed by atoms with van der Waals surface area (Å²) in [5.74, 6) is 0.0153. The zero-order chi connectivity index (χ0) is 15.2. The predicted octanol–water partition coefficient (Wildman–Crippen LogP) is 2.64. The third kappa shape index (κ3) is 4.74. The van der Waals surface area contributed by atoms with E-state index < -0.39 is 0 Å². The Kier molecular flexibility index (Phi) is 5.62. The van der Waals surface area contributed by atoms with Gasteiger partial charge in [0.15, 0.2) is 0 Å². The maximum Gasteiger partial charge on any atom is 0.253 e. The van der Waals surface area contributed by atoms with Gasteiger partial charge in [-0.05, 0) is 45.4 Å². The third-order valence-electron chi connectivity index (χ3n) is 3.91. The zero-order valence-electron chi connectivity index (χ0n) is 13.4. The van der Waals surface area contributed by atoms with E-state index in [1.165, 1.54) is 12.8 Å². The molecule has 1 saturated carbocycles. The summed E-state index contributed by atoms with van der Waals surface area (Å²) in [5, 5.41) is 6.36. The first kappa shape index (κ1) is 15.8. The number of hydrogen-bond acceptors (Lipinski definition) is 3. The summed E-state index contributed by atoms with van der Waals surface area (Å²) in [6.45, 7) is 6.64. The predicted molar refractivity (Wildman–Crippen MR) is 87.9 cm³/mol. The molecule has 1 fully saturated rings. The summed E-state index contributed by atoms with van der Waals surface area (Å²) < 4.78 is 0. The van der Waals surface area contributed by atoms with Crippen LogP contribution < -0.4 is 10.6 Å². The fourth-order valence-electron chi connectivity index (χ4n) is 2.40. The summed E-state index contributed by atoms with van der Waals surface area (Å²) in [5.41, 5.74) is 2.78. The van der Waals surface area contributed by atoms with Crippen molar-refractivity contribution >= 4 is 11.6 Å². The van der Waals surface area contributed by atoms with Crippen LogP contribution >= 0.6 is 0 Å². The van der Waals surface area contributed by atoms with Crippen LogP contribution in [-0.4, -0.2) is 43.5 Å². The Morgan fingerprint density at radius 3 is 2.76 bits per heavy atom. The number of rotatable bonds is 8. The van der Waals surface area contributed by atoms with Crippen LogP contribution in [0.3, 0.4) is 0 Å². The van der Waals surface area contributed by atoms with Gasteiger partial charge in [0.25, 0.3) is 5.91 Å². The first-order chi connectivity index (χ1) is 10.1. The second-order valence-electron chi connectivity index (χ2n) is 5.94. The van der Waals surface area contributed by atoms with Crippen LogP contribution in [-0.2, 0) is 0 Å². The Morgan fingerprint density at radius 1 is 1.33 bits per heavy atom. The Bertz CT molecular complexity index is 483. The minimum absolute atomic E-state index is 0.0153. The van der Waals surface area contributed by atoms with Crippen LogP contribution in [0.15, 0.2) is 18.2 Å². The van der Waals surface area contributed by atoms with Crippen molar-refractivity contribution in [1.82, 2.24) is 10.2 Å². The second kappa shape index (κ2) is 7.46. The average molecular weight is 289 g/mol. The van der Waals surface area contributed by atoms with Crippen molar-refractivity contribution < 1.29 is 4.79 Å². The normalized spacial score (nSPS) is 14.3. The van der Waals surface area contributed by atoms with E-state index in [0.29, 0.717) is 6.54 Å². The molecule has 2 N–H and O–H groups in total. The molecular weight excluding hydrogens is 262 g/mol. The maximum absolute atomic E-state index is 12.4. The van der Waals surface area contributed by atoms with Crippen molar-refractivity contribution in [3.8, 4) is 0 Å². The smallest absolute Gasteiger partial charge is 0.253 e. The first-order valence-corrected chi connectivity index (χ1v) is 7.94. The summed E-state index contributed by atoms with van der Waals surface area (Å²) >= 11 is 0. The van der Waals surface area contributed by atoms with Crippen molar-refractivity contribution in [2.45, 2.75) is 39.2 Å². The van der Waals surface area contributed by atoms with Crippen molar-refractivity contribution in [2.24, 2.45) is 0 Å². The number of nitrogens with one attached hydrogen (secondary N) is 2. The molecule has 4 nitrogen and oxygen atoms in total. The molecule has 116 valence electrons. The molecule has 0 saturated heterocycles. The molecule has 1 aliphatic rings. The first-order valence-electron chi connectivity index (χ1n) is 7.94. The number of carbonyl (C=O) groups excluding carboxylic acids is 1. The molecule has 2 rings (SSSR count). The van der Waals surface area contributed by atoms with Gasteiger partial charge < -0.3 is 15.5 Å². The van der Waals surface area contributed by atoms with Crippen molar-refractivity contribution in [2.75, 3.05) is 32.0 Å². The van der Waals surface area contributed by atoms with E-state index in [9.17, 15) is 4.79 Å². The van der Waals surface area contributed by atoms with Gasteiger partial charge in [-0.2, -0.15) is 0 Å². The standard InChI is InChI=1S/C17H27N3O/c1-4-9-18-16-8-5-13(2)12-15(16)17(21)19-10-11-20(3)14-6-7-14/h5,8,12,14,18H,4,6-7,9-11H2,1-3H3,(H,19,21). The maximum atomic E-state index is 12.4. The van der Waals surface area contributed by atoms with Gasteiger partial charge in [-0.25, -0.2) is 0 Å². The molecule has 4 heteroatoms. The summed E-state index contributed by atoms with van der Waals surface area (Å²) in [4.78, 5) is 14.7. The number of likely N-dealkylation sites (N-methyl/N-ethyl adjacent to an activating group) is 1. The quantitative estimate of drug-likeness (QED) is 0.773. The molecular formula is C17H27N3O. The molecule has 0 bridgehead atoms. The molecule has 0 aromatic heterocycles. The molecule has 1 amide bonds. The molecule has 0 heterocycles. The molecule has 1 aromatic carbocycles. The van der Waals surface area contributed by atoms with Gasteiger partial charge in [-0.15, -0.1) is 0 Å². The Labute approximate surface area is 127 Å². The fourth-order valence-corrected chi connectivity index (χ4v) is 2.40. The van der Waals surface area contributed by atoms with Crippen molar-refractivity contribution in [3.05, 3.63) is 29.3 Å². The van der Waals surface area contributed by atoms with Crippen LogP contribution in [0.1, 0.15) is 42.1 Å². The molecule has 0 aliphatic heterocycles. The van der Waals surface area contributed by atoms with E-state index in [-0.39, 0.29) is 5.91 Å². The highest BCUT2D eigenvalue weighted by atomic mass is 16.1. The van der Waals surface area contributed by atoms with E-state index in [1.54, 1.807) is 0 Å². The number of benzene rings is 1. The largest absolute Gasteiger partial charge is 0.384 e. The van der Waals surface area contributed by atoms with Crippen LogP contribution in [0, 0.1) is 6.92 Å². The number of anilines is 1. The molecule has 1 aromatic rings. The highest BCUT2D eigenvalue weighted by Gasteiger charge is 2.25. The number of hydrogen-bond donors (Lipinski definition) is 2.